The van der Waals surface area contributed by atoms with E-state index in [9.17, 15) is 0 Å². The largest absolute Gasteiger partial charge is 0.310 e. The molecule has 0 radical (unpaired) electrons. The Kier molecular flexibility index (Phi) is 6.37. The van der Waals surface area contributed by atoms with Gasteiger partial charge in [0.2, 0.25) is 0 Å². The van der Waals surface area contributed by atoms with Crippen LogP contribution in [0.4, 0.5) is 17.1 Å². The number of aromatic nitrogens is 1. The highest BCUT2D eigenvalue weighted by atomic mass is 15.1. The maximum absolute atomic E-state index is 4.78. The minimum Gasteiger partial charge on any atom is -0.310 e. The molecule has 0 atom stereocenters. The molecule has 0 N–H and O–H groups in total. The van der Waals surface area contributed by atoms with Crippen molar-refractivity contribution in [2.24, 2.45) is 0 Å². The van der Waals surface area contributed by atoms with Gasteiger partial charge in [0.15, 0.2) is 0 Å². The minimum atomic E-state index is 0.111. The molecule has 0 aliphatic rings. The van der Waals surface area contributed by atoms with E-state index in [4.69, 9.17) is 4.98 Å². The summed E-state index contributed by atoms with van der Waals surface area (Å²) in [5, 5.41) is 2.35. The van der Waals surface area contributed by atoms with E-state index in [0.717, 1.165) is 33.7 Å². The Morgan fingerprint density at radius 1 is 0.514 bits per heavy atom. The fourth-order valence-electron chi connectivity index (χ4n) is 4.71. The van der Waals surface area contributed by atoms with Gasteiger partial charge < -0.3 is 4.90 Å². The molecule has 5 aromatic rings. The Morgan fingerprint density at radius 2 is 1.05 bits per heavy atom. The van der Waals surface area contributed by atoms with Crippen LogP contribution in [-0.4, -0.2) is 4.98 Å². The van der Waals surface area contributed by atoms with Gasteiger partial charge in [0.25, 0.3) is 0 Å². The lowest BCUT2D eigenvalue weighted by molar-refractivity contribution is 0.590. The quantitative estimate of drug-likeness (QED) is 0.252. The van der Waals surface area contributed by atoms with Gasteiger partial charge in [-0.2, -0.15) is 0 Å². The normalized spacial score (nSPS) is 12.1. The van der Waals surface area contributed by atoms with Crippen molar-refractivity contribution in [3.05, 3.63) is 120 Å². The van der Waals surface area contributed by atoms with E-state index < -0.39 is 0 Å². The number of anilines is 3. The second kappa shape index (κ2) is 9.52. The van der Waals surface area contributed by atoms with E-state index in [0.29, 0.717) is 0 Å². The number of hydrogen-bond donors (Lipinski definition) is 0. The second-order valence-electron chi connectivity index (χ2n) is 11.9. The highest BCUT2D eigenvalue weighted by molar-refractivity contribution is 5.86. The molecule has 4 aromatic carbocycles. The van der Waals surface area contributed by atoms with E-state index in [1.165, 1.54) is 16.5 Å². The first-order chi connectivity index (χ1) is 17.6. The third-order valence-corrected chi connectivity index (χ3v) is 7.01. The number of benzene rings is 4. The van der Waals surface area contributed by atoms with Gasteiger partial charge in [-0.3, -0.25) is 4.98 Å². The summed E-state index contributed by atoms with van der Waals surface area (Å²) in [6.45, 7) is 13.5. The zero-order chi connectivity index (χ0) is 26.2. The van der Waals surface area contributed by atoms with Crippen LogP contribution in [0.3, 0.4) is 0 Å². The third kappa shape index (κ3) is 5.29. The number of pyridine rings is 1. The summed E-state index contributed by atoms with van der Waals surface area (Å²) in [5.74, 6) is 0. The highest BCUT2D eigenvalue weighted by Crippen LogP contribution is 2.38. The Morgan fingerprint density at radius 3 is 1.59 bits per heavy atom. The molecule has 0 saturated carbocycles. The van der Waals surface area contributed by atoms with Crippen molar-refractivity contribution in [1.29, 1.82) is 0 Å². The summed E-state index contributed by atoms with van der Waals surface area (Å²) in [5.41, 5.74) is 8.35. The molecule has 2 nitrogen and oxygen atoms in total. The van der Waals surface area contributed by atoms with Crippen LogP contribution < -0.4 is 4.90 Å². The van der Waals surface area contributed by atoms with Crippen LogP contribution in [0.2, 0.25) is 0 Å². The van der Waals surface area contributed by atoms with Crippen LogP contribution in [-0.2, 0) is 10.8 Å². The van der Waals surface area contributed by atoms with Crippen LogP contribution in [0, 0.1) is 0 Å². The molecular weight excluding hydrogens is 448 g/mol. The van der Waals surface area contributed by atoms with Crippen molar-refractivity contribution in [1.82, 2.24) is 4.98 Å². The number of nitrogens with zero attached hydrogens (tertiary/aromatic N) is 2. The molecule has 2 heteroatoms. The van der Waals surface area contributed by atoms with Crippen molar-refractivity contribution < 1.29 is 0 Å². The lowest BCUT2D eigenvalue weighted by atomic mass is 9.86. The molecule has 0 fully saturated rings. The predicted octanol–water partition coefficient (Wildman–Crippen LogP) is 9.97. The first-order valence-corrected chi connectivity index (χ1v) is 13.1. The van der Waals surface area contributed by atoms with Crippen molar-refractivity contribution in [3.63, 3.8) is 0 Å². The van der Waals surface area contributed by atoms with Crippen LogP contribution in [0.25, 0.3) is 22.0 Å². The highest BCUT2D eigenvalue weighted by Gasteiger charge is 2.19. The topological polar surface area (TPSA) is 16.1 Å². The van der Waals surface area contributed by atoms with Crippen molar-refractivity contribution >= 4 is 27.8 Å². The fourth-order valence-corrected chi connectivity index (χ4v) is 4.71. The maximum Gasteiger partial charge on any atom is 0.0709 e. The lowest BCUT2D eigenvalue weighted by Crippen LogP contribution is -2.14. The molecule has 0 aliphatic heterocycles. The molecule has 1 heterocycles. The molecule has 0 spiro atoms. The Bertz CT molecular complexity index is 1460. The summed E-state index contributed by atoms with van der Waals surface area (Å²) in [6.07, 6.45) is 1.96. The van der Waals surface area contributed by atoms with Crippen molar-refractivity contribution in [3.8, 4) is 11.3 Å². The Labute approximate surface area is 221 Å². The van der Waals surface area contributed by atoms with Crippen LogP contribution in [0.5, 0.6) is 0 Å². The Hall–Kier alpha value is -3.91. The van der Waals surface area contributed by atoms with Gasteiger partial charge in [-0.05, 0) is 69.8 Å². The first-order valence-electron chi connectivity index (χ1n) is 13.1. The second-order valence-corrected chi connectivity index (χ2v) is 11.9. The van der Waals surface area contributed by atoms with Crippen LogP contribution >= 0.6 is 0 Å². The van der Waals surface area contributed by atoms with Gasteiger partial charge in [0.1, 0.15) is 0 Å². The number of rotatable bonds is 4. The smallest absolute Gasteiger partial charge is 0.0709 e. The van der Waals surface area contributed by atoms with Crippen LogP contribution in [0.15, 0.2) is 109 Å². The Balaban J connectivity index is 1.61. The van der Waals surface area contributed by atoms with Gasteiger partial charge in [-0.25, -0.2) is 0 Å². The first kappa shape index (κ1) is 24.8. The molecule has 0 saturated heterocycles. The summed E-state index contributed by atoms with van der Waals surface area (Å²) in [7, 11) is 0. The van der Waals surface area contributed by atoms with Crippen LogP contribution in [0.1, 0.15) is 52.7 Å². The molecule has 0 aliphatic carbocycles. The summed E-state index contributed by atoms with van der Waals surface area (Å²) < 4.78 is 0. The molecule has 0 unspecified atom stereocenters. The van der Waals surface area contributed by atoms with Gasteiger partial charge in [-0.1, -0.05) is 102 Å². The molecular formula is C35H36N2. The molecule has 0 amide bonds. The summed E-state index contributed by atoms with van der Waals surface area (Å²) in [6, 6.07) is 37.2. The molecule has 186 valence electrons. The zero-order valence-electron chi connectivity index (χ0n) is 22.8. The monoisotopic (exact) mass is 484 g/mol. The van der Waals surface area contributed by atoms with E-state index >= 15 is 0 Å². The van der Waals surface area contributed by atoms with Gasteiger partial charge >= 0.3 is 0 Å². The summed E-state index contributed by atoms with van der Waals surface area (Å²) in [4.78, 5) is 7.12. The molecule has 0 bridgehead atoms. The summed E-state index contributed by atoms with van der Waals surface area (Å²) >= 11 is 0. The number of fused-ring (bicyclic) bond motifs is 1. The average molecular weight is 485 g/mol. The standard InChI is InChI=1S/C35H36N2/c1-34(2,3)28-14-18-30(19-15-28)37(31-20-16-29(17-21-31)35(4,5)6)32-13-9-12-26(22-32)33-23-25-10-7-8-11-27(25)24-36-33/h7-24H,1-6H3. The van der Waals surface area contributed by atoms with E-state index in [-0.39, 0.29) is 10.8 Å². The molecule has 5 rings (SSSR count). The van der Waals surface area contributed by atoms with Crippen molar-refractivity contribution in [2.45, 2.75) is 52.4 Å². The number of hydrogen-bond acceptors (Lipinski definition) is 2. The zero-order valence-corrected chi connectivity index (χ0v) is 22.8. The average Bonchev–Trinajstić information content (AvgIpc) is 2.88. The van der Waals surface area contributed by atoms with Gasteiger partial charge in [0.05, 0.1) is 5.69 Å². The fraction of sp³-hybridized carbons (Fsp3) is 0.229. The SMILES string of the molecule is CC(C)(C)c1ccc(N(c2ccc(C(C)(C)C)cc2)c2cccc(-c3cc4ccccc4cn3)c2)cc1. The van der Waals surface area contributed by atoms with E-state index in [2.05, 4.69) is 150 Å². The lowest BCUT2D eigenvalue weighted by Gasteiger charge is -2.28. The molecule has 1 aromatic heterocycles. The molecule has 37 heavy (non-hydrogen) atoms. The van der Waals surface area contributed by atoms with E-state index in [1.54, 1.807) is 0 Å². The predicted molar refractivity (Wildman–Crippen MR) is 159 cm³/mol. The van der Waals surface area contributed by atoms with Crippen molar-refractivity contribution in [2.75, 3.05) is 4.90 Å². The van der Waals surface area contributed by atoms with E-state index in [1.807, 2.05) is 6.20 Å². The minimum absolute atomic E-state index is 0.111. The van der Waals surface area contributed by atoms with Gasteiger partial charge in [-0.15, -0.1) is 0 Å². The van der Waals surface area contributed by atoms with Gasteiger partial charge in [0, 0.05) is 34.2 Å². The maximum atomic E-state index is 4.78. The third-order valence-electron chi connectivity index (χ3n) is 7.01.